The van der Waals surface area contributed by atoms with Crippen LogP contribution in [-0.4, -0.2) is 38.4 Å². The topological polar surface area (TPSA) is 110 Å². The van der Waals surface area contributed by atoms with Crippen molar-refractivity contribution in [3.63, 3.8) is 0 Å². The molecular formula is C12H18N4O4. The van der Waals surface area contributed by atoms with E-state index < -0.39 is 16.9 Å². The number of aliphatic hydroxyl groups excluding tert-OH is 1. The first-order chi connectivity index (χ1) is 9.50. The molecule has 1 aromatic rings. The zero-order valence-corrected chi connectivity index (χ0v) is 11.3. The van der Waals surface area contributed by atoms with Gasteiger partial charge in [0.25, 0.3) is 5.91 Å². The van der Waals surface area contributed by atoms with E-state index in [1.807, 2.05) is 0 Å². The molecule has 0 bridgehead atoms. The number of aryl methyl sites for hydroxylation is 1. The predicted molar refractivity (Wildman–Crippen MR) is 70.2 cm³/mol. The third kappa shape index (κ3) is 2.96. The van der Waals surface area contributed by atoms with Gasteiger partial charge in [0.05, 0.1) is 11.0 Å². The van der Waals surface area contributed by atoms with E-state index in [4.69, 9.17) is 0 Å². The van der Waals surface area contributed by atoms with E-state index in [0.717, 1.165) is 31.9 Å². The highest BCUT2D eigenvalue weighted by molar-refractivity contribution is 5.96. The number of hydrogen-bond donors (Lipinski definition) is 2. The highest BCUT2D eigenvalue weighted by atomic mass is 16.6. The maximum absolute atomic E-state index is 12.0. The Morgan fingerprint density at radius 3 is 2.95 bits per heavy atom. The van der Waals surface area contributed by atoms with Crippen molar-refractivity contribution in [2.75, 3.05) is 6.54 Å². The van der Waals surface area contributed by atoms with Crippen molar-refractivity contribution >= 4 is 11.6 Å². The first kappa shape index (κ1) is 14.4. The number of amides is 1. The second kappa shape index (κ2) is 6.00. The number of nitrogens with one attached hydrogen (secondary N) is 1. The molecule has 1 saturated carbocycles. The maximum atomic E-state index is 12.0. The summed E-state index contributed by atoms with van der Waals surface area (Å²) >= 11 is 0. The normalized spacial score (nSPS) is 22.5. The van der Waals surface area contributed by atoms with Crippen LogP contribution in [0.4, 0.5) is 5.69 Å². The smallest absolute Gasteiger partial charge is 0.320 e. The zero-order chi connectivity index (χ0) is 14.7. The van der Waals surface area contributed by atoms with Gasteiger partial charge in [-0.15, -0.1) is 0 Å². The van der Waals surface area contributed by atoms with Crippen LogP contribution in [0.25, 0.3) is 0 Å². The third-order valence-electron chi connectivity index (χ3n) is 3.72. The van der Waals surface area contributed by atoms with Crippen molar-refractivity contribution in [3.8, 4) is 0 Å². The van der Waals surface area contributed by atoms with Gasteiger partial charge in [-0.1, -0.05) is 12.8 Å². The van der Waals surface area contributed by atoms with E-state index in [9.17, 15) is 20.0 Å². The first-order valence-corrected chi connectivity index (χ1v) is 6.63. The molecule has 1 heterocycles. The van der Waals surface area contributed by atoms with Gasteiger partial charge < -0.3 is 10.4 Å². The number of carbonyl (C=O) groups excluding carboxylic acids is 1. The van der Waals surface area contributed by atoms with Gasteiger partial charge in [-0.25, -0.2) is 0 Å². The van der Waals surface area contributed by atoms with Crippen LogP contribution in [0.5, 0.6) is 0 Å². The lowest BCUT2D eigenvalue weighted by Crippen LogP contribution is -2.37. The maximum Gasteiger partial charge on any atom is 0.320 e. The molecule has 0 aromatic carbocycles. The fourth-order valence-electron chi connectivity index (χ4n) is 2.56. The predicted octanol–water partition coefficient (Wildman–Crippen LogP) is 0.609. The van der Waals surface area contributed by atoms with E-state index in [2.05, 4.69) is 10.4 Å². The summed E-state index contributed by atoms with van der Waals surface area (Å²) in [6, 6.07) is 0. The van der Waals surface area contributed by atoms with Gasteiger partial charge in [0.2, 0.25) is 5.69 Å². The number of nitrogens with zero attached hydrogens (tertiary/aromatic N) is 3. The summed E-state index contributed by atoms with van der Waals surface area (Å²) in [6.07, 6.45) is 4.28. The highest BCUT2D eigenvalue weighted by Gasteiger charge is 2.28. The Hall–Kier alpha value is -1.96. The monoisotopic (exact) mass is 282 g/mol. The van der Waals surface area contributed by atoms with Crippen LogP contribution < -0.4 is 5.32 Å². The fourth-order valence-corrected chi connectivity index (χ4v) is 2.56. The molecule has 1 aliphatic rings. The molecule has 1 amide bonds. The zero-order valence-electron chi connectivity index (χ0n) is 11.3. The van der Waals surface area contributed by atoms with Crippen molar-refractivity contribution in [3.05, 3.63) is 22.0 Å². The van der Waals surface area contributed by atoms with Crippen molar-refractivity contribution < 1.29 is 14.8 Å². The summed E-state index contributed by atoms with van der Waals surface area (Å²) in [5.74, 6) is -0.519. The number of nitro groups is 1. The Bertz CT molecular complexity index is 514. The van der Waals surface area contributed by atoms with Gasteiger partial charge >= 0.3 is 5.69 Å². The van der Waals surface area contributed by atoms with Crippen LogP contribution in [-0.2, 0) is 7.05 Å². The molecule has 2 unspecified atom stereocenters. The largest absolute Gasteiger partial charge is 0.393 e. The minimum absolute atomic E-state index is 0.0139. The minimum Gasteiger partial charge on any atom is -0.393 e. The Balaban J connectivity index is 2.01. The van der Waals surface area contributed by atoms with E-state index in [1.165, 1.54) is 11.7 Å². The first-order valence-electron chi connectivity index (χ1n) is 6.63. The molecule has 2 N–H and O–H groups in total. The van der Waals surface area contributed by atoms with Crippen LogP contribution in [0.15, 0.2) is 6.20 Å². The van der Waals surface area contributed by atoms with Crippen molar-refractivity contribution in [2.24, 2.45) is 13.0 Å². The molecule has 20 heavy (non-hydrogen) atoms. The summed E-state index contributed by atoms with van der Waals surface area (Å²) in [5.41, 5.74) is -0.380. The van der Waals surface area contributed by atoms with Gasteiger partial charge in [-0.2, -0.15) is 5.10 Å². The average molecular weight is 282 g/mol. The van der Waals surface area contributed by atoms with Crippen LogP contribution in [0, 0.1) is 16.0 Å². The van der Waals surface area contributed by atoms with E-state index in [1.54, 1.807) is 0 Å². The number of aromatic nitrogens is 2. The van der Waals surface area contributed by atoms with Crippen molar-refractivity contribution in [1.82, 2.24) is 15.1 Å². The molecule has 110 valence electrons. The molecule has 1 aromatic heterocycles. The minimum atomic E-state index is -0.628. The molecule has 1 aliphatic carbocycles. The number of hydrogen-bond acceptors (Lipinski definition) is 5. The van der Waals surface area contributed by atoms with Crippen LogP contribution in [0.3, 0.4) is 0 Å². The Morgan fingerprint density at radius 1 is 1.60 bits per heavy atom. The lowest BCUT2D eigenvalue weighted by atomic mass is 9.86. The van der Waals surface area contributed by atoms with Gasteiger partial charge in [0, 0.05) is 19.5 Å². The second-order valence-corrected chi connectivity index (χ2v) is 5.08. The molecule has 8 nitrogen and oxygen atoms in total. The van der Waals surface area contributed by atoms with Gasteiger partial charge in [-0.05, 0) is 12.8 Å². The molecular weight excluding hydrogens is 264 g/mol. The van der Waals surface area contributed by atoms with Crippen LogP contribution in [0.2, 0.25) is 0 Å². The Labute approximate surface area is 115 Å². The van der Waals surface area contributed by atoms with Crippen LogP contribution in [0.1, 0.15) is 36.2 Å². The quantitative estimate of drug-likeness (QED) is 0.621. The van der Waals surface area contributed by atoms with Crippen molar-refractivity contribution in [2.45, 2.75) is 31.8 Å². The Kier molecular flexibility index (Phi) is 4.33. The molecule has 8 heteroatoms. The molecule has 2 atom stereocenters. The summed E-state index contributed by atoms with van der Waals surface area (Å²) in [7, 11) is 1.48. The molecule has 0 radical (unpaired) electrons. The number of rotatable bonds is 4. The van der Waals surface area contributed by atoms with E-state index >= 15 is 0 Å². The summed E-state index contributed by atoms with van der Waals surface area (Å²) in [6.45, 7) is 0.322. The van der Waals surface area contributed by atoms with E-state index in [0.29, 0.717) is 6.54 Å². The fraction of sp³-hybridized carbons (Fsp3) is 0.667. The van der Waals surface area contributed by atoms with Crippen LogP contribution >= 0.6 is 0 Å². The summed E-state index contributed by atoms with van der Waals surface area (Å²) < 4.78 is 1.19. The van der Waals surface area contributed by atoms with E-state index in [-0.39, 0.29) is 17.3 Å². The summed E-state index contributed by atoms with van der Waals surface area (Å²) in [4.78, 5) is 22.2. The average Bonchev–Trinajstić information content (AvgIpc) is 2.79. The summed E-state index contributed by atoms with van der Waals surface area (Å²) in [5, 5.41) is 27.1. The molecule has 0 spiro atoms. The third-order valence-corrected chi connectivity index (χ3v) is 3.72. The molecule has 0 saturated heterocycles. The molecule has 2 rings (SSSR count). The number of aliphatic hydroxyl groups is 1. The molecule has 1 fully saturated rings. The number of carbonyl (C=O) groups is 1. The molecule has 0 aliphatic heterocycles. The Morgan fingerprint density at radius 2 is 2.30 bits per heavy atom. The lowest BCUT2D eigenvalue weighted by Gasteiger charge is -2.27. The van der Waals surface area contributed by atoms with Gasteiger partial charge in [0.15, 0.2) is 0 Å². The van der Waals surface area contributed by atoms with Gasteiger partial charge in [-0.3, -0.25) is 19.6 Å². The lowest BCUT2D eigenvalue weighted by molar-refractivity contribution is -0.385. The van der Waals surface area contributed by atoms with Crippen molar-refractivity contribution in [1.29, 1.82) is 0 Å². The standard InChI is InChI=1S/C12H18N4O4/c1-15-11(9(7-14-15)16(19)20)12(18)13-6-8-4-2-3-5-10(8)17/h7-8,10,17H,2-6H2,1H3,(H,13,18). The highest BCUT2D eigenvalue weighted by Crippen LogP contribution is 2.24. The SMILES string of the molecule is Cn1ncc([N+](=O)[O-])c1C(=O)NCC1CCCCC1O. The van der Waals surface area contributed by atoms with Gasteiger partial charge in [0.1, 0.15) is 6.20 Å². The second-order valence-electron chi connectivity index (χ2n) is 5.08.